The van der Waals surface area contributed by atoms with Crippen LogP contribution in [0.1, 0.15) is 15.2 Å². The molecule has 1 aromatic carbocycles. The molecule has 0 saturated heterocycles. The quantitative estimate of drug-likeness (QED) is 0.698. The number of anilines is 1. The summed E-state index contributed by atoms with van der Waals surface area (Å²) in [5.74, 6) is -0.477. The fraction of sp³-hybridized carbons (Fsp3) is 0.0833. The number of hydrogen-bond donors (Lipinski definition) is 2. The molecule has 0 saturated carbocycles. The van der Waals surface area contributed by atoms with Gasteiger partial charge in [0.15, 0.2) is 0 Å². The van der Waals surface area contributed by atoms with E-state index in [9.17, 15) is 18.0 Å². The molecule has 0 aliphatic carbocycles. The second-order valence-electron chi connectivity index (χ2n) is 3.82. The second kappa shape index (κ2) is 5.79. The monoisotopic (exact) mass is 381 g/mol. The molecule has 1 heterocycles. The standard InChI is InChI=1S/C12H7BrF3NOS2/c13-8-2-1-6(12(14,15)16)3-9(8)17-11(18)10-4-7(19)5-20-10/h1-5,19H,(H,17,18). The third kappa shape index (κ3) is 3.56. The van der Waals surface area contributed by atoms with Crippen molar-refractivity contribution in [3.05, 3.63) is 44.6 Å². The van der Waals surface area contributed by atoms with Crippen LogP contribution in [0, 0.1) is 0 Å². The van der Waals surface area contributed by atoms with Crippen LogP contribution in [0.25, 0.3) is 0 Å². The van der Waals surface area contributed by atoms with Crippen molar-refractivity contribution in [1.29, 1.82) is 0 Å². The molecule has 2 nitrogen and oxygen atoms in total. The largest absolute Gasteiger partial charge is 0.416 e. The Morgan fingerprint density at radius 1 is 1.30 bits per heavy atom. The molecule has 20 heavy (non-hydrogen) atoms. The predicted octanol–water partition coefficient (Wildman–Crippen LogP) is 5.07. The molecule has 8 heteroatoms. The molecule has 106 valence electrons. The van der Waals surface area contributed by atoms with E-state index in [1.165, 1.54) is 17.4 Å². The van der Waals surface area contributed by atoms with Gasteiger partial charge in [0.1, 0.15) is 0 Å². The van der Waals surface area contributed by atoms with E-state index in [1.54, 1.807) is 11.4 Å². The molecule has 1 aromatic heterocycles. The van der Waals surface area contributed by atoms with Crippen molar-refractivity contribution in [2.75, 3.05) is 5.32 Å². The van der Waals surface area contributed by atoms with Crippen LogP contribution in [0.3, 0.4) is 0 Å². The van der Waals surface area contributed by atoms with Gasteiger partial charge in [0.05, 0.1) is 16.1 Å². The van der Waals surface area contributed by atoms with Crippen molar-refractivity contribution in [3.8, 4) is 0 Å². The maximum absolute atomic E-state index is 12.6. The van der Waals surface area contributed by atoms with Crippen LogP contribution in [-0.2, 0) is 6.18 Å². The highest BCUT2D eigenvalue weighted by atomic mass is 79.9. The Morgan fingerprint density at radius 2 is 2.00 bits per heavy atom. The first kappa shape index (κ1) is 15.4. The first-order chi connectivity index (χ1) is 9.27. The zero-order chi connectivity index (χ0) is 14.9. The summed E-state index contributed by atoms with van der Waals surface area (Å²) < 4.78 is 38.3. The minimum Gasteiger partial charge on any atom is -0.320 e. The van der Waals surface area contributed by atoms with Gasteiger partial charge in [-0.3, -0.25) is 4.79 Å². The van der Waals surface area contributed by atoms with Gasteiger partial charge in [0.25, 0.3) is 5.91 Å². The first-order valence-corrected chi connectivity index (χ1v) is 7.35. The number of thiophene rings is 1. The van der Waals surface area contributed by atoms with Crippen molar-refractivity contribution in [3.63, 3.8) is 0 Å². The molecular formula is C12H7BrF3NOS2. The van der Waals surface area contributed by atoms with E-state index in [-0.39, 0.29) is 5.69 Å². The summed E-state index contributed by atoms with van der Waals surface area (Å²) in [4.78, 5) is 12.9. The van der Waals surface area contributed by atoms with E-state index in [1.807, 2.05) is 0 Å². The summed E-state index contributed by atoms with van der Waals surface area (Å²) in [5, 5.41) is 4.11. The zero-order valence-corrected chi connectivity index (χ0v) is 13.0. The van der Waals surface area contributed by atoms with E-state index in [0.29, 0.717) is 14.2 Å². The van der Waals surface area contributed by atoms with E-state index in [4.69, 9.17) is 0 Å². The number of halogens is 4. The minimum absolute atomic E-state index is 0.0685. The average Bonchev–Trinajstić information content (AvgIpc) is 2.77. The summed E-state index contributed by atoms with van der Waals surface area (Å²) in [6.45, 7) is 0. The highest BCUT2D eigenvalue weighted by Crippen LogP contribution is 2.34. The first-order valence-electron chi connectivity index (χ1n) is 5.23. The number of amides is 1. The SMILES string of the molecule is O=C(Nc1cc(C(F)(F)F)ccc1Br)c1cc(S)cs1. The summed E-state index contributed by atoms with van der Waals surface area (Å²) >= 11 is 8.35. The van der Waals surface area contributed by atoms with Gasteiger partial charge in [-0.15, -0.1) is 24.0 Å². The van der Waals surface area contributed by atoms with Crippen molar-refractivity contribution in [1.82, 2.24) is 0 Å². The van der Waals surface area contributed by atoms with E-state index >= 15 is 0 Å². The smallest absolute Gasteiger partial charge is 0.320 e. The Labute approximate surface area is 130 Å². The summed E-state index contributed by atoms with van der Waals surface area (Å²) in [5.41, 5.74) is -0.754. The van der Waals surface area contributed by atoms with Gasteiger partial charge in [-0.2, -0.15) is 13.2 Å². The van der Waals surface area contributed by atoms with Crippen LogP contribution in [0.5, 0.6) is 0 Å². The lowest BCUT2D eigenvalue weighted by atomic mass is 10.2. The van der Waals surface area contributed by atoms with Crippen LogP contribution < -0.4 is 5.32 Å². The molecule has 0 atom stereocenters. The summed E-state index contributed by atoms with van der Waals surface area (Å²) in [6.07, 6.45) is -4.46. The highest BCUT2D eigenvalue weighted by Gasteiger charge is 2.31. The van der Waals surface area contributed by atoms with Gasteiger partial charge in [0, 0.05) is 14.7 Å². The van der Waals surface area contributed by atoms with E-state index < -0.39 is 17.6 Å². The molecule has 0 aliphatic rings. The molecule has 1 N–H and O–H groups in total. The van der Waals surface area contributed by atoms with Gasteiger partial charge >= 0.3 is 6.18 Å². The second-order valence-corrected chi connectivity index (χ2v) is 6.10. The fourth-order valence-electron chi connectivity index (χ4n) is 1.43. The predicted molar refractivity (Wildman–Crippen MR) is 78.7 cm³/mol. The number of carbonyl (C=O) groups is 1. The Kier molecular flexibility index (Phi) is 4.46. The van der Waals surface area contributed by atoms with Crippen LogP contribution in [-0.4, -0.2) is 5.91 Å². The average molecular weight is 382 g/mol. The lowest BCUT2D eigenvalue weighted by molar-refractivity contribution is -0.137. The lowest BCUT2D eigenvalue weighted by Gasteiger charge is -2.11. The maximum Gasteiger partial charge on any atom is 0.416 e. The Hall–Kier alpha value is -0.990. The number of alkyl halides is 3. The normalized spacial score (nSPS) is 11.4. The van der Waals surface area contributed by atoms with Crippen LogP contribution in [0.2, 0.25) is 0 Å². The molecule has 1 amide bonds. The lowest BCUT2D eigenvalue weighted by Crippen LogP contribution is -2.12. The Morgan fingerprint density at radius 3 is 2.55 bits per heavy atom. The molecule has 0 aliphatic heterocycles. The number of nitrogens with one attached hydrogen (secondary N) is 1. The van der Waals surface area contributed by atoms with Gasteiger partial charge in [-0.05, 0) is 40.2 Å². The molecule has 0 unspecified atom stereocenters. The van der Waals surface area contributed by atoms with Crippen LogP contribution >= 0.6 is 39.9 Å². The molecular weight excluding hydrogens is 375 g/mol. The highest BCUT2D eigenvalue weighted by molar-refractivity contribution is 9.10. The molecule has 0 fully saturated rings. The molecule has 0 spiro atoms. The third-order valence-electron chi connectivity index (χ3n) is 2.35. The minimum atomic E-state index is -4.46. The van der Waals surface area contributed by atoms with E-state index in [2.05, 4.69) is 33.9 Å². The summed E-state index contributed by atoms with van der Waals surface area (Å²) in [7, 11) is 0. The van der Waals surface area contributed by atoms with Crippen molar-refractivity contribution >= 4 is 51.5 Å². The fourth-order valence-corrected chi connectivity index (χ4v) is 2.82. The number of carbonyl (C=O) groups excluding carboxylic acids is 1. The van der Waals surface area contributed by atoms with Gasteiger partial charge in [0.2, 0.25) is 0 Å². The van der Waals surface area contributed by atoms with Crippen LogP contribution in [0.4, 0.5) is 18.9 Å². The Balaban J connectivity index is 2.27. The van der Waals surface area contributed by atoms with Crippen molar-refractivity contribution < 1.29 is 18.0 Å². The van der Waals surface area contributed by atoms with Crippen molar-refractivity contribution in [2.24, 2.45) is 0 Å². The summed E-state index contributed by atoms with van der Waals surface area (Å²) in [6, 6.07) is 4.62. The molecule has 2 aromatic rings. The Bertz CT molecular complexity index is 654. The van der Waals surface area contributed by atoms with E-state index in [0.717, 1.165) is 12.1 Å². The van der Waals surface area contributed by atoms with Crippen LogP contribution in [0.15, 0.2) is 39.0 Å². The zero-order valence-electron chi connectivity index (χ0n) is 9.66. The third-order valence-corrected chi connectivity index (χ3v) is 4.40. The number of rotatable bonds is 2. The van der Waals surface area contributed by atoms with Gasteiger partial charge in [-0.25, -0.2) is 0 Å². The van der Waals surface area contributed by atoms with Gasteiger partial charge < -0.3 is 5.32 Å². The molecule has 0 radical (unpaired) electrons. The van der Waals surface area contributed by atoms with Crippen molar-refractivity contribution in [2.45, 2.75) is 11.1 Å². The number of thiol groups is 1. The maximum atomic E-state index is 12.6. The van der Waals surface area contributed by atoms with Gasteiger partial charge in [-0.1, -0.05) is 0 Å². The topological polar surface area (TPSA) is 29.1 Å². The number of benzene rings is 1. The number of hydrogen-bond acceptors (Lipinski definition) is 3. The molecule has 2 rings (SSSR count). The molecule has 0 bridgehead atoms.